The van der Waals surface area contributed by atoms with Gasteiger partial charge in [-0.15, -0.1) is 0 Å². The van der Waals surface area contributed by atoms with Gasteiger partial charge < -0.3 is 10.0 Å². The van der Waals surface area contributed by atoms with Gasteiger partial charge in [0.15, 0.2) is 0 Å². The molecule has 0 spiro atoms. The largest absolute Gasteiger partial charge is 0.481 e. The van der Waals surface area contributed by atoms with E-state index in [1.807, 2.05) is 54.6 Å². The van der Waals surface area contributed by atoms with Crippen molar-refractivity contribution in [3.05, 3.63) is 155 Å². The quantitative estimate of drug-likeness (QED) is 0.180. The average molecular weight is 614 g/mol. The van der Waals surface area contributed by atoms with Crippen LogP contribution in [0, 0.1) is 0 Å². The first-order chi connectivity index (χ1) is 21.1. The third kappa shape index (κ3) is 7.36. The van der Waals surface area contributed by atoms with Crippen molar-refractivity contribution in [2.75, 3.05) is 0 Å². The molecule has 44 heavy (non-hydrogen) atoms. The summed E-state index contributed by atoms with van der Waals surface area (Å²) in [5.74, 6) is -1.45. The molecular formula is C36H27ClF3NO3. The zero-order valence-electron chi connectivity index (χ0n) is 23.3. The number of benzene rings is 5. The zero-order chi connectivity index (χ0) is 31.3. The third-order valence-corrected chi connectivity index (χ3v) is 7.60. The van der Waals surface area contributed by atoms with Crippen LogP contribution < -0.4 is 0 Å². The highest BCUT2D eigenvalue weighted by molar-refractivity contribution is 6.30. The van der Waals surface area contributed by atoms with E-state index in [4.69, 9.17) is 11.6 Å². The molecule has 0 fully saturated rings. The van der Waals surface area contributed by atoms with E-state index < -0.39 is 29.7 Å². The first kappa shape index (κ1) is 30.6. The van der Waals surface area contributed by atoms with Crippen molar-refractivity contribution in [2.45, 2.75) is 25.2 Å². The molecule has 4 nitrogen and oxygen atoms in total. The molecule has 1 N–H and O–H groups in total. The van der Waals surface area contributed by atoms with Crippen LogP contribution in [0.15, 0.2) is 127 Å². The Morgan fingerprint density at radius 1 is 0.682 bits per heavy atom. The second kappa shape index (κ2) is 13.2. The standard InChI is InChI=1S/C36H27ClF3NO3/c37-32-20-6-24(7-21-32)23-41(33(22-34(42)43)29-12-8-26(9-13-29)25-4-2-1-3-5-25)35(44)30-14-10-27(11-15-30)28-16-18-31(19-17-28)36(38,39)40/h1-21,33H,22-23H2,(H,42,43). The predicted molar refractivity (Wildman–Crippen MR) is 165 cm³/mol. The molecule has 0 aliphatic rings. The van der Waals surface area contributed by atoms with Gasteiger partial charge in [0.25, 0.3) is 5.91 Å². The first-order valence-electron chi connectivity index (χ1n) is 13.8. The molecule has 0 heterocycles. The van der Waals surface area contributed by atoms with Crippen LogP contribution in [0.25, 0.3) is 22.3 Å². The monoisotopic (exact) mass is 613 g/mol. The van der Waals surface area contributed by atoms with Crippen LogP contribution in [0.1, 0.15) is 39.5 Å². The molecule has 0 radical (unpaired) electrons. The fraction of sp³-hybridized carbons (Fsp3) is 0.111. The van der Waals surface area contributed by atoms with Crippen molar-refractivity contribution in [1.82, 2.24) is 4.90 Å². The van der Waals surface area contributed by atoms with Crippen molar-refractivity contribution >= 4 is 23.5 Å². The van der Waals surface area contributed by atoms with Crippen molar-refractivity contribution in [1.29, 1.82) is 0 Å². The fourth-order valence-corrected chi connectivity index (χ4v) is 5.16. The van der Waals surface area contributed by atoms with Gasteiger partial charge in [-0.3, -0.25) is 9.59 Å². The fourth-order valence-electron chi connectivity index (χ4n) is 5.03. The van der Waals surface area contributed by atoms with Crippen molar-refractivity contribution < 1.29 is 27.9 Å². The molecule has 0 saturated heterocycles. The highest BCUT2D eigenvalue weighted by atomic mass is 35.5. The van der Waals surface area contributed by atoms with Crippen LogP contribution in [0.3, 0.4) is 0 Å². The van der Waals surface area contributed by atoms with Gasteiger partial charge in [-0.1, -0.05) is 103 Å². The molecule has 5 aromatic carbocycles. The first-order valence-corrected chi connectivity index (χ1v) is 14.2. The van der Waals surface area contributed by atoms with Crippen LogP contribution in [0.2, 0.25) is 5.02 Å². The van der Waals surface area contributed by atoms with Gasteiger partial charge in [0.2, 0.25) is 0 Å². The zero-order valence-corrected chi connectivity index (χ0v) is 24.1. The second-order valence-electron chi connectivity index (χ2n) is 10.3. The van der Waals surface area contributed by atoms with E-state index in [-0.39, 0.29) is 13.0 Å². The number of carbonyl (C=O) groups is 2. The number of aliphatic carboxylic acids is 1. The molecule has 5 rings (SSSR count). The summed E-state index contributed by atoms with van der Waals surface area (Å²) >= 11 is 6.08. The molecule has 8 heteroatoms. The van der Waals surface area contributed by atoms with Gasteiger partial charge in [-0.05, 0) is 69.8 Å². The Bertz CT molecular complexity index is 1720. The molecule has 1 unspecified atom stereocenters. The molecule has 0 bridgehead atoms. The lowest BCUT2D eigenvalue weighted by Crippen LogP contribution is -2.35. The Kier molecular flexibility index (Phi) is 9.16. The van der Waals surface area contributed by atoms with Gasteiger partial charge in [0, 0.05) is 17.1 Å². The predicted octanol–water partition coefficient (Wildman–Crippen LogP) is 9.55. The average Bonchev–Trinajstić information content (AvgIpc) is 3.03. The minimum atomic E-state index is -4.43. The summed E-state index contributed by atoms with van der Waals surface area (Å²) < 4.78 is 39.0. The van der Waals surface area contributed by atoms with Crippen LogP contribution in [-0.4, -0.2) is 21.9 Å². The summed E-state index contributed by atoms with van der Waals surface area (Å²) in [7, 11) is 0. The Morgan fingerprint density at radius 3 is 1.70 bits per heavy atom. The summed E-state index contributed by atoms with van der Waals surface area (Å²) in [6.07, 6.45) is -4.76. The number of carboxylic acid groups (broad SMARTS) is 1. The number of hydrogen-bond donors (Lipinski definition) is 1. The number of nitrogens with zero attached hydrogens (tertiary/aromatic N) is 1. The summed E-state index contributed by atoms with van der Waals surface area (Å²) in [5.41, 5.74) is 4.17. The van der Waals surface area contributed by atoms with E-state index in [0.717, 1.165) is 28.8 Å². The maximum Gasteiger partial charge on any atom is 0.416 e. The number of hydrogen-bond acceptors (Lipinski definition) is 2. The van der Waals surface area contributed by atoms with Gasteiger partial charge in [0.1, 0.15) is 0 Å². The number of alkyl halides is 3. The maximum atomic E-state index is 14.1. The number of amides is 1. The molecule has 1 amide bonds. The maximum absolute atomic E-state index is 14.1. The smallest absolute Gasteiger partial charge is 0.416 e. The van der Waals surface area contributed by atoms with E-state index in [0.29, 0.717) is 27.3 Å². The molecular weight excluding hydrogens is 587 g/mol. The Balaban J connectivity index is 1.48. The van der Waals surface area contributed by atoms with E-state index in [9.17, 15) is 27.9 Å². The number of halogens is 4. The number of carboxylic acids is 1. The van der Waals surface area contributed by atoms with Gasteiger partial charge in [-0.2, -0.15) is 13.2 Å². The van der Waals surface area contributed by atoms with Crippen molar-refractivity contribution in [2.24, 2.45) is 0 Å². The molecule has 0 saturated carbocycles. The van der Waals surface area contributed by atoms with E-state index in [2.05, 4.69) is 0 Å². The lowest BCUT2D eigenvalue weighted by molar-refractivity contribution is -0.139. The molecule has 1 atom stereocenters. The van der Waals surface area contributed by atoms with Crippen LogP contribution in [0.5, 0.6) is 0 Å². The molecule has 0 aromatic heterocycles. The highest BCUT2D eigenvalue weighted by Gasteiger charge is 2.30. The third-order valence-electron chi connectivity index (χ3n) is 7.35. The van der Waals surface area contributed by atoms with Gasteiger partial charge in [0.05, 0.1) is 18.0 Å². The molecule has 0 aliphatic heterocycles. The Labute approximate surface area is 258 Å². The van der Waals surface area contributed by atoms with E-state index in [1.165, 1.54) is 17.0 Å². The lowest BCUT2D eigenvalue weighted by atomic mass is 9.96. The molecule has 5 aromatic rings. The summed E-state index contributed by atoms with van der Waals surface area (Å²) in [6, 6.07) is 34.8. The van der Waals surface area contributed by atoms with Gasteiger partial charge >= 0.3 is 12.1 Å². The van der Waals surface area contributed by atoms with E-state index in [1.54, 1.807) is 48.5 Å². The minimum Gasteiger partial charge on any atom is -0.481 e. The van der Waals surface area contributed by atoms with Crippen molar-refractivity contribution in [3.63, 3.8) is 0 Å². The topological polar surface area (TPSA) is 57.6 Å². The van der Waals surface area contributed by atoms with E-state index >= 15 is 0 Å². The molecule has 0 aliphatic carbocycles. The summed E-state index contributed by atoms with van der Waals surface area (Å²) in [5, 5.41) is 10.4. The summed E-state index contributed by atoms with van der Waals surface area (Å²) in [4.78, 5) is 27.7. The minimum absolute atomic E-state index is 0.120. The highest BCUT2D eigenvalue weighted by Crippen LogP contribution is 2.33. The second-order valence-corrected chi connectivity index (χ2v) is 10.8. The molecule has 222 valence electrons. The van der Waals surface area contributed by atoms with Gasteiger partial charge in [-0.25, -0.2) is 0 Å². The number of rotatable bonds is 9. The van der Waals surface area contributed by atoms with Crippen LogP contribution >= 0.6 is 11.6 Å². The number of carbonyl (C=O) groups excluding carboxylic acids is 1. The summed E-state index contributed by atoms with van der Waals surface area (Å²) in [6.45, 7) is 0.120. The lowest BCUT2D eigenvalue weighted by Gasteiger charge is -2.32. The Morgan fingerprint density at radius 2 is 1.18 bits per heavy atom. The van der Waals surface area contributed by atoms with Crippen LogP contribution in [0.4, 0.5) is 13.2 Å². The van der Waals surface area contributed by atoms with Crippen LogP contribution in [-0.2, 0) is 17.5 Å². The normalized spacial score (nSPS) is 12.0. The SMILES string of the molecule is O=C(O)CC(c1ccc(-c2ccccc2)cc1)N(Cc1ccc(Cl)cc1)C(=O)c1ccc(-c2ccc(C(F)(F)F)cc2)cc1. The van der Waals surface area contributed by atoms with Crippen molar-refractivity contribution in [3.8, 4) is 22.3 Å². The Hall–Kier alpha value is -4.88.